The van der Waals surface area contributed by atoms with Crippen LogP contribution < -0.4 is 5.32 Å². The zero-order valence-corrected chi connectivity index (χ0v) is 12.9. The molecule has 0 spiro atoms. The van der Waals surface area contributed by atoms with Gasteiger partial charge in [0.25, 0.3) is 11.6 Å². The number of carbonyl (C=O) groups excluding carboxylic acids is 1. The smallest absolute Gasteiger partial charge is 0.273 e. The summed E-state index contributed by atoms with van der Waals surface area (Å²) < 4.78 is 5.52. The van der Waals surface area contributed by atoms with Gasteiger partial charge in [0.15, 0.2) is 0 Å². The zero-order chi connectivity index (χ0) is 15.5. The number of benzene rings is 1. The van der Waals surface area contributed by atoms with Crippen LogP contribution in [-0.2, 0) is 4.74 Å². The fourth-order valence-electron chi connectivity index (χ4n) is 2.25. The van der Waals surface area contributed by atoms with Crippen LogP contribution in [0.4, 0.5) is 5.69 Å². The number of nitrogens with zero attached hydrogens (tertiary/aromatic N) is 1. The molecular weight excluding hydrogens is 292 g/mol. The van der Waals surface area contributed by atoms with Gasteiger partial charge in [0, 0.05) is 36.6 Å². The van der Waals surface area contributed by atoms with Crippen LogP contribution >= 0.6 is 11.8 Å². The van der Waals surface area contributed by atoms with Gasteiger partial charge in [-0.05, 0) is 25.2 Å². The van der Waals surface area contributed by atoms with Crippen LogP contribution in [-0.4, -0.2) is 41.6 Å². The summed E-state index contributed by atoms with van der Waals surface area (Å²) in [5, 5.41) is 13.7. The fourth-order valence-corrected chi connectivity index (χ4v) is 3.65. The molecule has 0 aliphatic carbocycles. The van der Waals surface area contributed by atoms with Gasteiger partial charge in [0.05, 0.1) is 10.5 Å². The second-order valence-corrected chi connectivity index (χ2v) is 6.24. The number of carbonyl (C=O) groups is 1. The van der Waals surface area contributed by atoms with Crippen molar-refractivity contribution >= 4 is 23.4 Å². The van der Waals surface area contributed by atoms with Gasteiger partial charge in [-0.25, -0.2) is 0 Å². The minimum atomic E-state index is -0.476. The van der Waals surface area contributed by atoms with Gasteiger partial charge in [-0.15, -0.1) is 0 Å². The van der Waals surface area contributed by atoms with Crippen LogP contribution in [0.15, 0.2) is 18.2 Å². The largest absolute Gasteiger partial charge is 0.376 e. The van der Waals surface area contributed by atoms with Gasteiger partial charge < -0.3 is 10.1 Å². The summed E-state index contributed by atoms with van der Waals surface area (Å²) in [4.78, 5) is 22.6. The summed E-state index contributed by atoms with van der Waals surface area (Å²) in [6.07, 6.45) is 0.891. The number of aryl methyl sites for hydroxylation is 1. The van der Waals surface area contributed by atoms with Crippen LogP contribution in [0.1, 0.15) is 22.3 Å². The number of thioether (sulfide) groups is 1. The molecule has 1 aliphatic rings. The first-order valence-electron chi connectivity index (χ1n) is 6.63. The number of methoxy groups -OCH3 is 1. The quantitative estimate of drug-likeness (QED) is 0.665. The Labute approximate surface area is 127 Å². The fraction of sp³-hybridized carbons (Fsp3) is 0.500. The van der Waals surface area contributed by atoms with Gasteiger partial charge in [-0.1, -0.05) is 6.07 Å². The van der Waals surface area contributed by atoms with E-state index in [1.807, 2.05) is 0 Å². The molecule has 2 rings (SSSR count). The van der Waals surface area contributed by atoms with Gasteiger partial charge in [-0.3, -0.25) is 14.9 Å². The maximum Gasteiger partial charge on any atom is 0.273 e. The highest BCUT2D eigenvalue weighted by atomic mass is 32.2. The summed E-state index contributed by atoms with van der Waals surface area (Å²) in [5.74, 6) is 1.55. The third-order valence-corrected chi connectivity index (χ3v) is 4.96. The molecule has 1 atom stereocenters. The predicted molar refractivity (Wildman–Crippen MR) is 81.8 cm³/mol. The van der Waals surface area contributed by atoms with E-state index in [0.29, 0.717) is 17.7 Å². The highest BCUT2D eigenvalue weighted by Gasteiger charge is 2.34. The summed E-state index contributed by atoms with van der Waals surface area (Å²) in [6.45, 7) is 2.06. The number of amides is 1. The van der Waals surface area contributed by atoms with Gasteiger partial charge in [0.1, 0.15) is 0 Å². The first-order chi connectivity index (χ1) is 9.97. The summed E-state index contributed by atoms with van der Waals surface area (Å²) >= 11 is 1.80. The Morgan fingerprint density at radius 2 is 2.33 bits per heavy atom. The molecule has 1 aromatic rings. The van der Waals surface area contributed by atoms with E-state index in [0.717, 1.165) is 17.9 Å². The summed E-state index contributed by atoms with van der Waals surface area (Å²) in [7, 11) is 1.65. The number of nitro benzene ring substituents is 1. The molecule has 6 nitrogen and oxygen atoms in total. The lowest BCUT2D eigenvalue weighted by Gasteiger charge is -2.26. The average Bonchev–Trinajstić information content (AvgIpc) is 2.94. The highest BCUT2D eigenvalue weighted by molar-refractivity contribution is 7.99. The van der Waals surface area contributed by atoms with E-state index in [1.54, 1.807) is 37.9 Å². The summed E-state index contributed by atoms with van der Waals surface area (Å²) in [6, 6.07) is 4.50. The number of hydrogen-bond acceptors (Lipinski definition) is 5. The maximum absolute atomic E-state index is 12.1. The average molecular weight is 310 g/mol. The molecule has 1 N–H and O–H groups in total. The molecule has 1 saturated heterocycles. The molecule has 1 fully saturated rings. The Bertz CT molecular complexity index is 556. The van der Waals surface area contributed by atoms with E-state index in [-0.39, 0.29) is 17.2 Å². The monoisotopic (exact) mass is 310 g/mol. The lowest BCUT2D eigenvalue weighted by atomic mass is 10.0. The Morgan fingerprint density at radius 1 is 1.57 bits per heavy atom. The van der Waals surface area contributed by atoms with Crippen LogP contribution in [0.2, 0.25) is 0 Å². The number of rotatable bonds is 5. The molecule has 0 aromatic heterocycles. The van der Waals surface area contributed by atoms with Crippen LogP contribution in [0.25, 0.3) is 0 Å². The molecule has 21 heavy (non-hydrogen) atoms. The Kier molecular flexibility index (Phi) is 4.84. The van der Waals surface area contributed by atoms with Crippen LogP contribution in [0, 0.1) is 17.0 Å². The molecule has 1 aliphatic heterocycles. The van der Waals surface area contributed by atoms with Crippen molar-refractivity contribution in [1.29, 1.82) is 0 Å². The molecule has 0 saturated carbocycles. The third-order valence-electron chi connectivity index (χ3n) is 3.74. The molecule has 0 bridgehead atoms. The second kappa shape index (κ2) is 6.44. The van der Waals surface area contributed by atoms with E-state index in [2.05, 4.69) is 5.32 Å². The lowest BCUT2D eigenvalue weighted by molar-refractivity contribution is -0.385. The van der Waals surface area contributed by atoms with Gasteiger partial charge in [-0.2, -0.15) is 11.8 Å². The Morgan fingerprint density at radius 3 is 2.90 bits per heavy atom. The van der Waals surface area contributed by atoms with Crippen molar-refractivity contribution in [2.45, 2.75) is 18.9 Å². The van der Waals surface area contributed by atoms with Crippen molar-refractivity contribution in [3.8, 4) is 0 Å². The van der Waals surface area contributed by atoms with E-state index >= 15 is 0 Å². The topological polar surface area (TPSA) is 81.5 Å². The van der Waals surface area contributed by atoms with E-state index in [9.17, 15) is 14.9 Å². The van der Waals surface area contributed by atoms with Gasteiger partial charge in [0.2, 0.25) is 0 Å². The zero-order valence-electron chi connectivity index (χ0n) is 12.0. The first kappa shape index (κ1) is 15.8. The number of nitrogens with one attached hydrogen (secondary N) is 1. The van der Waals surface area contributed by atoms with Crippen molar-refractivity contribution in [3.05, 3.63) is 39.4 Å². The molecular formula is C14H18N2O4S. The van der Waals surface area contributed by atoms with Crippen molar-refractivity contribution in [1.82, 2.24) is 5.32 Å². The molecule has 114 valence electrons. The minimum absolute atomic E-state index is 0.0412. The summed E-state index contributed by atoms with van der Waals surface area (Å²) in [5.41, 5.74) is 0.471. The number of ether oxygens (including phenoxy) is 1. The minimum Gasteiger partial charge on any atom is -0.376 e. The van der Waals surface area contributed by atoms with Crippen molar-refractivity contribution in [2.24, 2.45) is 0 Å². The predicted octanol–water partition coefficient (Wildman–Crippen LogP) is 2.16. The van der Waals surface area contributed by atoms with E-state index < -0.39 is 4.92 Å². The van der Waals surface area contributed by atoms with Crippen molar-refractivity contribution in [2.75, 3.05) is 25.2 Å². The standard InChI is InChI=1S/C14H18N2O4S/c1-10-3-4-11(7-12(10)16(18)19)13(17)15-8-14(20-2)5-6-21-9-14/h3-4,7H,5-6,8-9H2,1-2H3,(H,15,17). The normalized spacial score (nSPS) is 21.2. The molecule has 1 heterocycles. The lowest BCUT2D eigenvalue weighted by Crippen LogP contribution is -2.44. The molecule has 0 radical (unpaired) electrons. The highest BCUT2D eigenvalue weighted by Crippen LogP contribution is 2.30. The number of hydrogen-bond donors (Lipinski definition) is 1. The SMILES string of the molecule is COC1(CNC(=O)c2ccc(C)c([N+](=O)[O-])c2)CCSC1. The first-order valence-corrected chi connectivity index (χ1v) is 7.79. The molecule has 7 heteroatoms. The molecule has 1 amide bonds. The number of nitro groups is 1. The molecule has 1 aromatic carbocycles. The molecule has 1 unspecified atom stereocenters. The maximum atomic E-state index is 12.1. The Balaban J connectivity index is 2.07. The van der Waals surface area contributed by atoms with Crippen molar-refractivity contribution < 1.29 is 14.5 Å². The third kappa shape index (κ3) is 3.54. The van der Waals surface area contributed by atoms with Crippen molar-refractivity contribution in [3.63, 3.8) is 0 Å². The van der Waals surface area contributed by atoms with Crippen LogP contribution in [0.5, 0.6) is 0 Å². The second-order valence-electron chi connectivity index (χ2n) is 5.13. The van der Waals surface area contributed by atoms with Gasteiger partial charge >= 0.3 is 0 Å². The van der Waals surface area contributed by atoms with Crippen LogP contribution in [0.3, 0.4) is 0 Å². The Hall–Kier alpha value is -1.60. The van der Waals surface area contributed by atoms with E-state index in [4.69, 9.17) is 4.74 Å². The van der Waals surface area contributed by atoms with E-state index in [1.165, 1.54) is 6.07 Å².